The summed E-state index contributed by atoms with van der Waals surface area (Å²) in [4.78, 5) is 16.1. The predicted octanol–water partition coefficient (Wildman–Crippen LogP) is 2.79. The van der Waals surface area contributed by atoms with Crippen LogP contribution in [0.1, 0.15) is 16.1 Å². The maximum Gasteiger partial charge on any atom is 0.285 e. The lowest BCUT2D eigenvalue weighted by Crippen LogP contribution is -2.30. The van der Waals surface area contributed by atoms with Gasteiger partial charge in [-0.05, 0) is 31.2 Å². The summed E-state index contributed by atoms with van der Waals surface area (Å²) in [6.07, 6.45) is 1.20. The van der Waals surface area contributed by atoms with Crippen molar-refractivity contribution in [2.45, 2.75) is 11.8 Å². The molecule has 0 aliphatic carbocycles. The van der Waals surface area contributed by atoms with Gasteiger partial charge in [-0.25, -0.2) is 26.9 Å². The summed E-state index contributed by atoms with van der Waals surface area (Å²) < 4.78 is 55.7. The summed E-state index contributed by atoms with van der Waals surface area (Å²) >= 11 is 0. The van der Waals surface area contributed by atoms with Gasteiger partial charge in [0.05, 0.1) is 10.5 Å². The molecule has 0 spiro atoms. The highest BCUT2D eigenvalue weighted by Crippen LogP contribution is 2.25. The summed E-state index contributed by atoms with van der Waals surface area (Å²) in [6, 6.07) is 9.26. The molecule has 6 nitrogen and oxygen atoms in total. The molecular formula is C18H15F2N3O3S. The van der Waals surface area contributed by atoms with Gasteiger partial charge in [0.25, 0.3) is 15.9 Å². The minimum Gasteiger partial charge on any atom is -0.333 e. The largest absolute Gasteiger partial charge is 0.333 e. The summed E-state index contributed by atoms with van der Waals surface area (Å²) in [5.74, 6) is -2.83. The van der Waals surface area contributed by atoms with Gasteiger partial charge in [-0.15, -0.1) is 0 Å². The molecule has 0 saturated heterocycles. The Labute approximate surface area is 154 Å². The summed E-state index contributed by atoms with van der Waals surface area (Å²) in [5, 5.41) is 0. The highest BCUT2D eigenvalue weighted by Gasteiger charge is 2.23. The first-order valence-corrected chi connectivity index (χ1v) is 9.29. The summed E-state index contributed by atoms with van der Waals surface area (Å²) in [7, 11) is -2.66. The molecule has 1 amide bonds. The number of carbonyl (C=O) groups excluding carboxylic acids is 1. The first-order valence-electron chi connectivity index (χ1n) is 7.80. The van der Waals surface area contributed by atoms with Crippen LogP contribution in [0.4, 0.5) is 8.78 Å². The number of aromatic nitrogens is 2. The first-order chi connectivity index (χ1) is 12.7. The number of amides is 1. The van der Waals surface area contributed by atoms with E-state index in [-0.39, 0.29) is 16.4 Å². The van der Waals surface area contributed by atoms with E-state index in [1.807, 2.05) is 4.72 Å². The van der Waals surface area contributed by atoms with Crippen molar-refractivity contribution in [1.29, 1.82) is 0 Å². The van der Waals surface area contributed by atoms with Gasteiger partial charge in [-0.3, -0.25) is 4.79 Å². The van der Waals surface area contributed by atoms with Crippen molar-refractivity contribution >= 4 is 15.9 Å². The topological polar surface area (TPSA) is 81.1 Å². The number of aryl methyl sites for hydroxylation is 2. The number of halogens is 2. The summed E-state index contributed by atoms with van der Waals surface area (Å²) in [5.41, 5.74) is 0.174. The van der Waals surface area contributed by atoms with Crippen LogP contribution < -0.4 is 4.72 Å². The lowest BCUT2D eigenvalue weighted by Gasteiger charge is -2.05. The highest BCUT2D eigenvalue weighted by molar-refractivity contribution is 7.90. The molecule has 0 bridgehead atoms. The van der Waals surface area contributed by atoms with E-state index >= 15 is 0 Å². The van der Waals surface area contributed by atoms with Crippen LogP contribution in [0.2, 0.25) is 0 Å². The van der Waals surface area contributed by atoms with Crippen molar-refractivity contribution in [2.24, 2.45) is 7.05 Å². The van der Waals surface area contributed by atoms with Crippen molar-refractivity contribution < 1.29 is 22.0 Å². The average molecular weight is 391 g/mol. The molecule has 0 radical (unpaired) electrons. The second-order valence-corrected chi connectivity index (χ2v) is 7.59. The molecule has 1 heterocycles. The van der Waals surface area contributed by atoms with E-state index in [4.69, 9.17) is 0 Å². The van der Waals surface area contributed by atoms with Crippen LogP contribution in [-0.4, -0.2) is 23.9 Å². The molecule has 3 aromatic rings. The van der Waals surface area contributed by atoms with Crippen molar-refractivity contribution in [3.8, 4) is 11.4 Å². The number of sulfonamides is 1. The number of hydrogen-bond donors (Lipinski definition) is 1. The van der Waals surface area contributed by atoms with E-state index in [9.17, 15) is 22.0 Å². The fourth-order valence-electron chi connectivity index (χ4n) is 2.47. The second kappa shape index (κ2) is 6.92. The van der Waals surface area contributed by atoms with Crippen molar-refractivity contribution in [1.82, 2.24) is 14.3 Å². The number of nitrogens with one attached hydrogen (secondary N) is 1. The Kier molecular flexibility index (Phi) is 4.79. The monoisotopic (exact) mass is 391 g/mol. The number of rotatable bonds is 4. The third kappa shape index (κ3) is 3.72. The lowest BCUT2D eigenvalue weighted by atomic mass is 10.2. The van der Waals surface area contributed by atoms with Gasteiger partial charge in [0.2, 0.25) is 0 Å². The van der Waals surface area contributed by atoms with Gasteiger partial charge < -0.3 is 4.57 Å². The SMILES string of the molecule is Cc1ccc(S(=O)(=O)NC(=O)c2cn(C)c(-c3c(F)cccc3F)n2)cc1. The zero-order valence-corrected chi connectivity index (χ0v) is 15.2. The molecule has 1 N–H and O–H groups in total. The predicted molar refractivity (Wildman–Crippen MR) is 94.4 cm³/mol. The van der Waals surface area contributed by atoms with E-state index in [1.165, 1.54) is 36.0 Å². The molecule has 0 aliphatic rings. The molecule has 1 aromatic heterocycles. The quantitative estimate of drug-likeness (QED) is 0.742. The van der Waals surface area contributed by atoms with Crippen LogP contribution in [0, 0.1) is 18.6 Å². The fourth-order valence-corrected chi connectivity index (χ4v) is 3.43. The molecule has 0 fully saturated rings. The van der Waals surface area contributed by atoms with Crippen molar-refractivity contribution in [2.75, 3.05) is 0 Å². The van der Waals surface area contributed by atoms with Gasteiger partial charge in [-0.1, -0.05) is 23.8 Å². The van der Waals surface area contributed by atoms with E-state index in [0.29, 0.717) is 0 Å². The average Bonchev–Trinajstić information content (AvgIpc) is 2.97. The smallest absolute Gasteiger partial charge is 0.285 e. The molecule has 3 rings (SSSR count). The molecule has 0 aliphatic heterocycles. The first kappa shape index (κ1) is 18.7. The molecule has 2 aromatic carbocycles. The van der Waals surface area contributed by atoms with Gasteiger partial charge >= 0.3 is 0 Å². The number of imidazole rings is 1. The van der Waals surface area contributed by atoms with Gasteiger partial charge in [0.15, 0.2) is 0 Å². The Morgan fingerprint density at radius 1 is 1.07 bits per heavy atom. The van der Waals surface area contributed by atoms with Gasteiger partial charge in [0, 0.05) is 13.2 Å². The van der Waals surface area contributed by atoms with Gasteiger partial charge in [0.1, 0.15) is 23.2 Å². The molecule has 27 heavy (non-hydrogen) atoms. The summed E-state index contributed by atoms with van der Waals surface area (Å²) in [6.45, 7) is 1.80. The van der Waals surface area contributed by atoms with Crippen LogP contribution >= 0.6 is 0 Å². The molecular weight excluding hydrogens is 376 g/mol. The normalized spacial score (nSPS) is 11.4. The minimum absolute atomic E-state index is 0.0854. The van der Waals surface area contributed by atoms with Crippen LogP contribution in [0.25, 0.3) is 11.4 Å². The number of carbonyl (C=O) groups is 1. The second-order valence-electron chi connectivity index (χ2n) is 5.90. The number of nitrogens with zero attached hydrogens (tertiary/aromatic N) is 2. The molecule has 9 heteroatoms. The Hall–Kier alpha value is -3.07. The lowest BCUT2D eigenvalue weighted by molar-refractivity contribution is 0.0977. The maximum atomic E-state index is 14.0. The highest BCUT2D eigenvalue weighted by atomic mass is 32.2. The van der Waals surface area contributed by atoms with Crippen LogP contribution in [-0.2, 0) is 17.1 Å². The third-order valence-electron chi connectivity index (χ3n) is 3.85. The minimum atomic E-state index is -4.11. The van der Waals surface area contributed by atoms with Crippen LogP contribution in [0.3, 0.4) is 0 Å². The fraction of sp³-hybridized carbons (Fsp3) is 0.111. The number of hydrogen-bond acceptors (Lipinski definition) is 4. The van der Waals surface area contributed by atoms with Crippen LogP contribution in [0.15, 0.2) is 53.6 Å². The zero-order chi connectivity index (χ0) is 19.8. The van der Waals surface area contributed by atoms with E-state index < -0.39 is 33.1 Å². The van der Waals surface area contributed by atoms with Crippen molar-refractivity contribution in [3.63, 3.8) is 0 Å². The van der Waals surface area contributed by atoms with Gasteiger partial charge in [-0.2, -0.15) is 0 Å². The van der Waals surface area contributed by atoms with E-state index in [1.54, 1.807) is 19.1 Å². The molecule has 0 saturated carbocycles. The Morgan fingerprint density at radius 3 is 2.26 bits per heavy atom. The maximum absolute atomic E-state index is 14.0. The zero-order valence-electron chi connectivity index (χ0n) is 14.4. The standard InChI is InChI=1S/C18H15F2N3O3S/c1-11-6-8-12(9-7-11)27(25,26)22-18(24)15-10-23(2)17(21-15)16-13(19)4-3-5-14(16)20/h3-10H,1-2H3,(H,22,24). The van der Waals surface area contributed by atoms with Crippen molar-refractivity contribution in [3.05, 3.63) is 71.6 Å². The molecule has 0 atom stereocenters. The molecule has 0 unspecified atom stereocenters. The van der Waals surface area contributed by atoms with E-state index in [2.05, 4.69) is 4.98 Å². The Balaban J connectivity index is 1.92. The Morgan fingerprint density at radius 2 is 1.67 bits per heavy atom. The van der Waals surface area contributed by atoms with E-state index in [0.717, 1.165) is 17.7 Å². The number of benzene rings is 2. The molecule has 140 valence electrons. The van der Waals surface area contributed by atoms with Crippen LogP contribution in [0.5, 0.6) is 0 Å². The Bertz CT molecular complexity index is 1100. The third-order valence-corrected chi connectivity index (χ3v) is 5.20.